The lowest BCUT2D eigenvalue weighted by Gasteiger charge is -2.19. The Morgan fingerprint density at radius 3 is 2.94 bits per heavy atom. The Morgan fingerprint density at radius 1 is 1.28 bits per heavy atom. The molecule has 0 unspecified atom stereocenters. The zero-order chi connectivity index (χ0) is 12.8. The SMILES string of the molecule is CCCN(CC)CCNc1nccc2sccc12. The maximum absolute atomic E-state index is 4.42. The number of hydrogen-bond donors (Lipinski definition) is 1. The first-order valence-corrected chi connectivity index (χ1v) is 7.51. The van der Waals surface area contributed by atoms with Crippen LogP contribution in [0, 0.1) is 0 Å². The van der Waals surface area contributed by atoms with Gasteiger partial charge in [-0.3, -0.25) is 0 Å². The van der Waals surface area contributed by atoms with Crippen molar-refractivity contribution in [3.05, 3.63) is 23.7 Å². The number of hydrogen-bond acceptors (Lipinski definition) is 4. The summed E-state index contributed by atoms with van der Waals surface area (Å²) in [6.45, 7) is 8.76. The summed E-state index contributed by atoms with van der Waals surface area (Å²) in [6.07, 6.45) is 3.09. The molecular weight excluding hydrogens is 242 g/mol. The molecule has 0 aliphatic carbocycles. The fraction of sp³-hybridized carbons (Fsp3) is 0.500. The van der Waals surface area contributed by atoms with Crippen LogP contribution in [0.3, 0.4) is 0 Å². The van der Waals surface area contributed by atoms with Crippen LogP contribution >= 0.6 is 11.3 Å². The summed E-state index contributed by atoms with van der Waals surface area (Å²) in [7, 11) is 0. The van der Waals surface area contributed by atoms with Crippen molar-refractivity contribution in [3.8, 4) is 0 Å². The molecule has 0 spiro atoms. The van der Waals surface area contributed by atoms with Crippen LogP contribution in [-0.4, -0.2) is 36.1 Å². The molecule has 0 atom stereocenters. The predicted molar refractivity (Wildman–Crippen MR) is 80.5 cm³/mol. The van der Waals surface area contributed by atoms with Crippen LogP contribution in [0.4, 0.5) is 5.82 Å². The van der Waals surface area contributed by atoms with E-state index in [9.17, 15) is 0 Å². The first kappa shape index (κ1) is 13.3. The molecule has 0 saturated heterocycles. The number of rotatable bonds is 7. The first-order chi connectivity index (χ1) is 8.85. The molecule has 3 nitrogen and oxygen atoms in total. The van der Waals surface area contributed by atoms with Crippen molar-refractivity contribution in [1.29, 1.82) is 0 Å². The second-order valence-electron chi connectivity index (χ2n) is 4.35. The fourth-order valence-electron chi connectivity index (χ4n) is 2.11. The van der Waals surface area contributed by atoms with Crippen molar-refractivity contribution in [2.45, 2.75) is 20.3 Å². The van der Waals surface area contributed by atoms with Gasteiger partial charge in [0.15, 0.2) is 0 Å². The highest BCUT2D eigenvalue weighted by atomic mass is 32.1. The van der Waals surface area contributed by atoms with Gasteiger partial charge >= 0.3 is 0 Å². The normalized spacial score (nSPS) is 11.3. The van der Waals surface area contributed by atoms with Crippen molar-refractivity contribution in [3.63, 3.8) is 0 Å². The molecule has 0 aliphatic rings. The summed E-state index contributed by atoms with van der Waals surface area (Å²) in [6, 6.07) is 4.21. The van der Waals surface area contributed by atoms with Crippen molar-refractivity contribution in [2.24, 2.45) is 0 Å². The number of likely N-dealkylation sites (N-methyl/N-ethyl adjacent to an activating group) is 1. The van der Waals surface area contributed by atoms with Crippen molar-refractivity contribution >= 4 is 27.2 Å². The maximum Gasteiger partial charge on any atom is 0.134 e. The third-order valence-corrected chi connectivity index (χ3v) is 3.97. The van der Waals surface area contributed by atoms with Crippen LogP contribution in [0.25, 0.3) is 10.1 Å². The summed E-state index contributed by atoms with van der Waals surface area (Å²) in [4.78, 5) is 6.88. The summed E-state index contributed by atoms with van der Waals surface area (Å²) in [5, 5.41) is 6.81. The lowest BCUT2D eigenvalue weighted by atomic mass is 10.3. The third kappa shape index (κ3) is 3.21. The van der Waals surface area contributed by atoms with Gasteiger partial charge in [0.05, 0.1) is 0 Å². The number of fused-ring (bicyclic) bond motifs is 1. The lowest BCUT2D eigenvalue weighted by Crippen LogP contribution is -2.29. The number of thiophene rings is 1. The summed E-state index contributed by atoms with van der Waals surface area (Å²) in [5.41, 5.74) is 0. The van der Waals surface area contributed by atoms with E-state index >= 15 is 0 Å². The minimum Gasteiger partial charge on any atom is -0.368 e. The molecule has 18 heavy (non-hydrogen) atoms. The molecule has 0 aliphatic heterocycles. The van der Waals surface area contributed by atoms with E-state index in [0.717, 1.165) is 25.5 Å². The summed E-state index contributed by atoms with van der Waals surface area (Å²) >= 11 is 1.76. The van der Waals surface area contributed by atoms with Crippen molar-refractivity contribution < 1.29 is 0 Å². The minimum absolute atomic E-state index is 0.954. The van der Waals surface area contributed by atoms with E-state index in [4.69, 9.17) is 0 Å². The highest BCUT2D eigenvalue weighted by Crippen LogP contribution is 2.25. The van der Waals surface area contributed by atoms with E-state index in [1.165, 1.54) is 23.1 Å². The largest absolute Gasteiger partial charge is 0.368 e. The van der Waals surface area contributed by atoms with E-state index in [-0.39, 0.29) is 0 Å². The Balaban J connectivity index is 1.92. The quantitative estimate of drug-likeness (QED) is 0.829. The average molecular weight is 263 g/mol. The van der Waals surface area contributed by atoms with Crippen LogP contribution in [0.1, 0.15) is 20.3 Å². The molecule has 0 aromatic carbocycles. The number of nitrogens with zero attached hydrogens (tertiary/aromatic N) is 2. The lowest BCUT2D eigenvalue weighted by molar-refractivity contribution is 0.300. The summed E-state index contributed by atoms with van der Waals surface area (Å²) < 4.78 is 1.30. The Labute approximate surface area is 113 Å². The van der Waals surface area contributed by atoms with Gasteiger partial charge in [-0.15, -0.1) is 11.3 Å². The van der Waals surface area contributed by atoms with E-state index in [1.807, 2.05) is 6.20 Å². The number of anilines is 1. The molecule has 2 heterocycles. The van der Waals surface area contributed by atoms with Crippen LogP contribution in [0.15, 0.2) is 23.7 Å². The molecule has 2 rings (SSSR count). The molecule has 2 aromatic heterocycles. The molecule has 0 fully saturated rings. The smallest absolute Gasteiger partial charge is 0.134 e. The van der Waals surface area contributed by atoms with E-state index < -0.39 is 0 Å². The monoisotopic (exact) mass is 263 g/mol. The van der Waals surface area contributed by atoms with Gasteiger partial charge in [0.2, 0.25) is 0 Å². The minimum atomic E-state index is 0.954. The van der Waals surface area contributed by atoms with Crippen LogP contribution in [0.5, 0.6) is 0 Å². The van der Waals surface area contributed by atoms with Gasteiger partial charge in [0.1, 0.15) is 5.82 Å². The van der Waals surface area contributed by atoms with Gasteiger partial charge < -0.3 is 10.2 Å². The summed E-state index contributed by atoms with van der Waals surface area (Å²) in [5.74, 6) is 1.02. The fourth-order valence-corrected chi connectivity index (χ4v) is 2.89. The maximum atomic E-state index is 4.42. The molecule has 4 heteroatoms. The molecule has 1 N–H and O–H groups in total. The van der Waals surface area contributed by atoms with Crippen molar-refractivity contribution in [2.75, 3.05) is 31.5 Å². The van der Waals surface area contributed by atoms with Crippen LogP contribution < -0.4 is 5.32 Å². The Kier molecular flexibility index (Phi) is 4.96. The Hall–Kier alpha value is -1.13. The second-order valence-corrected chi connectivity index (χ2v) is 5.30. The average Bonchev–Trinajstić information content (AvgIpc) is 2.86. The Morgan fingerprint density at radius 2 is 2.17 bits per heavy atom. The zero-order valence-electron chi connectivity index (χ0n) is 11.1. The van der Waals surface area contributed by atoms with E-state index in [0.29, 0.717) is 0 Å². The topological polar surface area (TPSA) is 28.2 Å². The standard InChI is InChI=1S/C14H21N3S/c1-3-9-17(4-2)10-8-16-14-12-6-11-18-13(12)5-7-15-14/h5-7,11H,3-4,8-10H2,1-2H3,(H,15,16). The zero-order valence-corrected chi connectivity index (χ0v) is 12.0. The van der Waals surface area contributed by atoms with Gasteiger partial charge in [-0.1, -0.05) is 13.8 Å². The molecule has 2 aromatic rings. The van der Waals surface area contributed by atoms with Crippen LogP contribution in [0.2, 0.25) is 0 Å². The highest BCUT2D eigenvalue weighted by Gasteiger charge is 2.04. The second kappa shape index (κ2) is 6.71. The molecule has 0 amide bonds. The Bertz CT molecular complexity index is 481. The molecular formula is C14H21N3S. The van der Waals surface area contributed by atoms with Gasteiger partial charge in [-0.05, 0) is 37.0 Å². The first-order valence-electron chi connectivity index (χ1n) is 6.63. The van der Waals surface area contributed by atoms with Gasteiger partial charge in [-0.25, -0.2) is 4.98 Å². The number of pyridine rings is 1. The van der Waals surface area contributed by atoms with E-state index in [1.54, 1.807) is 11.3 Å². The van der Waals surface area contributed by atoms with Crippen LogP contribution in [-0.2, 0) is 0 Å². The van der Waals surface area contributed by atoms with Crippen molar-refractivity contribution in [1.82, 2.24) is 9.88 Å². The van der Waals surface area contributed by atoms with Gasteiger partial charge in [0, 0.05) is 29.4 Å². The molecule has 98 valence electrons. The molecule has 0 bridgehead atoms. The highest BCUT2D eigenvalue weighted by molar-refractivity contribution is 7.17. The molecule has 0 saturated carbocycles. The molecule has 0 radical (unpaired) electrons. The van der Waals surface area contributed by atoms with E-state index in [2.05, 4.69) is 46.6 Å². The number of nitrogens with one attached hydrogen (secondary N) is 1. The third-order valence-electron chi connectivity index (χ3n) is 3.09. The number of aromatic nitrogens is 1. The predicted octanol–water partition coefficient (Wildman–Crippen LogP) is 3.44. The van der Waals surface area contributed by atoms with Gasteiger partial charge in [-0.2, -0.15) is 0 Å². The van der Waals surface area contributed by atoms with Gasteiger partial charge in [0.25, 0.3) is 0 Å².